The molecule has 0 amide bonds. The first-order valence-corrected chi connectivity index (χ1v) is 4.13. The smallest absolute Gasteiger partial charge is 0.142 e. The lowest BCUT2D eigenvalue weighted by atomic mass is 10.1. The average Bonchev–Trinajstić information content (AvgIpc) is 2.03. The normalized spacial score (nSPS) is 10.6. The maximum atomic E-state index is 9.82. The molecule has 2 nitrogen and oxygen atoms in total. The van der Waals surface area contributed by atoms with Gasteiger partial charge in [0.2, 0.25) is 0 Å². The van der Waals surface area contributed by atoms with Crippen LogP contribution in [0.25, 0.3) is 0 Å². The highest BCUT2D eigenvalue weighted by molar-refractivity contribution is 5.64. The zero-order valence-corrected chi connectivity index (χ0v) is 6.83. The zero-order chi connectivity index (χ0) is 8.36. The van der Waals surface area contributed by atoms with E-state index in [0.717, 1.165) is 38.4 Å². The Morgan fingerprint density at radius 1 is 1.09 bits per heavy atom. The Kier molecular flexibility index (Phi) is 8.83. The molecule has 0 heterocycles. The van der Waals surface area contributed by atoms with Gasteiger partial charge in [0, 0.05) is 6.61 Å². The lowest BCUT2D eigenvalue weighted by Gasteiger charge is -1.94. The molecule has 0 aromatic rings. The molecule has 0 unspecified atom stereocenters. The van der Waals surface area contributed by atoms with Crippen molar-refractivity contribution in [3.63, 3.8) is 0 Å². The predicted molar refractivity (Wildman–Crippen MR) is 45.4 cm³/mol. The molecule has 2 heteroatoms. The third kappa shape index (κ3) is 9.37. The number of carbonyl (C=O) groups is 1. The molecule has 0 atom stereocenters. The van der Waals surface area contributed by atoms with E-state index in [1.807, 2.05) is 6.08 Å². The van der Waals surface area contributed by atoms with Crippen LogP contribution in [0.1, 0.15) is 32.1 Å². The molecule has 0 aliphatic heterocycles. The van der Waals surface area contributed by atoms with Gasteiger partial charge in [-0.3, -0.25) is 4.79 Å². The number of allylic oxidation sites excluding steroid dienone is 2. The van der Waals surface area contributed by atoms with Crippen molar-refractivity contribution < 1.29 is 9.90 Å². The van der Waals surface area contributed by atoms with Gasteiger partial charge in [-0.1, -0.05) is 18.9 Å². The molecule has 0 rings (SSSR count). The number of carbonyl (C=O) groups excluding carboxylic acids is 1. The predicted octanol–water partition coefficient (Wildman–Crippen LogP) is 1.68. The second-order valence-electron chi connectivity index (χ2n) is 2.49. The Balaban J connectivity index is 2.90. The first-order valence-electron chi connectivity index (χ1n) is 4.13. The molecule has 0 bridgehead atoms. The third-order valence-electron chi connectivity index (χ3n) is 1.49. The van der Waals surface area contributed by atoms with E-state index >= 15 is 0 Å². The maximum Gasteiger partial charge on any atom is 0.142 e. The lowest BCUT2D eigenvalue weighted by molar-refractivity contribution is -0.104. The van der Waals surface area contributed by atoms with Crippen LogP contribution in [0, 0.1) is 0 Å². The van der Waals surface area contributed by atoms with Crippen molar-refractivity contribution >= 4 is 6.29 Å². The standard InChI is InChI=1S/C9H16O2/c10-8-6-4-2-1-3-5-7-9-11/h4,6,8,11H,1-3,5,7,9H2. The summed E-state index contributed by atoms with van der Waals surface area (Å²) < 4.78 is 0. The van der Waals surface area contributed by atoms with Crippen LogP contribution in [0.2, 0.25) is 0 Å². The highest BCUT2D eigenvalue weighted by Crippen LogP contribution is 2.02. The van der Waals surface area contributed by atoms with Gasteiger partial charge in [-0.15, -0.1) is 0 Å². The van der Waals surface area contributed by atoms with Crippen molar-refractivity contribution in [2.45, 2.75) is 32.1 Å². The van der Waals surface area contributed by atoms with Crippen LogP contribution >= 0.6 is 0 Å². The zero-order valence-electron chi connectivity index (χ0n) is 6.83. The van der Waals surface area contributed by atoms with Crippen molar-refractivity contribution in [3.8, 4) is 0 Å². The number of unbranched alkanes of at least 4 members (excludes halogenated alkanes) is 4. The average molecular weight is 156 g/mol. The van der Waals surface area contributed by atoms with Crippen LogP contribution in [-0.2, 0) is 4.79 Å². The van der Waals surface area contributed by atoms with Gasteiger partial charge in [0.15, 0.2) is 0 Å². The summed E-state index contributed by atoms with van der Waals surface area (Å²) in [5.74, 6) is 0. The molecule has 0 fully saturated rings. The largest absolute Gasteiger partial charge is 0.396 e. The Morgan fingerprint density at radius 3 is 2.45 bits per heavy atom. The van der Waals surface area contributed by atoms with Gasteiger partial charge >= 0.3 is 0 Å². The molecular formula is C9H16O2. The Labute approximate surface area is 67.9 Å². The van der Waals surface area contributed by atoms with E-state index < -0.39 is 0 Å². The van der Waals surface area contributed by atoms with Crippen molar-refractivity contribution in [2.75, 3.05) is 6.61 Å². The monoisotopic (exact) mass is 156 g/mol. The van der Waals surface area contributed by atoms with Crippen LogP contribution in [0.5, 0.6) is 0 Å². The number of aliphatic hydroxyl groups excluding tert-OH is 1. The minimum absolute atomic E-state index is 0.296. The minimum Gasteiger partial charge on any atom is -0.396 e. The van der Waals surface area contributed by atoms with Gasteiger partial charge in [-0.25, -0.2) is 0 Å². The molecule has 0 aliphatic rings. The maximum absolute atomic E-state index is 9.82. The van der Waals surface area contributed by atoms with E-state index in [-0.39, 0.29) is 0 Å². The molecule has 11 heavy (non-hydrogen) atoms. The summed E-state index contributed by atoms with van der Waals surface area (Å²) in [6.45, 7) is 0.296. The van der Waals surface area contributed by atoms with Crippen LogP contribution in [-0.4, -0.2) is 18.0 Å². The van der Waals surface area contributed by atoms with Crippen molar-refractivity contribution in [3.05, 3.63) is 12.2 Å². The lowest BCUT2D eigenvalue weighted by Crippen LogP contribution is -1.82. The summed E-state index contributed by atoms with van der Waals surface area (Å²) in [6, 6.07) is 0. The Hall–Kier alpha value is -0.630. The molecule has 0 spiro atoms. The molecule has 0 saturated carbocycles. The van der Waals surface area contributed by atoms with E-state index in [9.17, 15) is 4.79 Å². The van der Waals surface area contributed by atoms with Gasteiger partial charge in [0.05, 0.1) is 0 Å². The van der Waals surface area contributed by atoms with Gasteiger partial charge in [-0.2, -0.15) is 0 Å². The summed E-state index contributed by atoms with van der Waals surface area (Å²) in [7, 11) is 0. The summed E-state index contributed by atoms with van der Waals surface area (Å²) in [4.78, 5) is 9.82. The summed E-state index contributed by atoms with van der Waals surface area (Å²) >= 11 is 0. The number of hydrogen-bond acceptors (Lipinski definition) is 2. The fraction of sp³-hybridized carbons (Fsp3) is 0.667. The molecule has 0 aromatic heterocycles. The second-order valence-corrected chi connectivity index (χ2v) is 2.49. The molecule has 1 N–H and O–H groups in total. The highest BCUT2D eigenvalue weighted by atomic mass is 16.2. The topological polar surface area (TPSA) is 37.3 Å². The van der Waals surface area contributed by atoms with Crippen molar-refractivity contribution in [2.24, 2.45) is 0 Å². The Bertz CT molecular complexity index is 108. The van der Waals surface area contributed by atoms with E-state index in [0.29, 0.717) is 6.61 Å². The summed E-state index contributed by atoms with van der Waals surface area (Å²) in [5.41, 5.74) is 0. The second kappa shape index (κ2) is 9.37. The molecule has 0 saturated heterocycles. The van der Waals surface area contributed by atoms with E-state index in [1.165, 1.54) is 6.08 Å². The first-order chi connectivity index (χ1) is 5.41. The van der Waals surface area contributed by atoms with Crippen LogP contribution in [0.15, 0.2) is 12.2 Å². The SMILES string of the molecule is O=CC=CCCCCCCO. The van der Waals surface area contributed by atoms with Crippen molar-refractivity contribution in [1.29, 1.82) is 0 Å². The Morgan fingerprint density at radius 2 is 1.82 bits per heavy atom. The van der Waals surface area contributed by atoms with Gasteiger partial charge in [0.25, 0.3) is 0 Å². The number of aldehydes is 1. The summed E-state index contributed by atoms with van der Waals surface area (Å²) in [5, 5.41) is 8.45. The molecule has 64 valence electrons. The fourth-order valence-electron chi connectivity index (χ4n) is 0.879. The number of rotatable bonds is 7. The summed E-state index contributed by atoms with van der Waals surface area (Å²) in [6.07, 6.45) is 9.44. The van der Waals surface area contributed by atoms with E-state index in [2.05, 4.69) is 0 Å². The van der Waals surface area contributed by atoms with Crippen molar-refractivity contribution in [1.82, 2.24) is 0 Å². The van der Waals surface area contributed by atoms with Crippen LogP contribution in [0.4, 0.5) is 0 Å². The van der Waals surface area contributed by atoms with E-state index in [1.54, 1.807) is 0 Å². The van der Waals surface area contributed by atoms with E-state index in [4.69, 9.17) is 5.11 Å². The molecule has 0 aliphatic carbocycles. The number of hydrogen-bond donors (Lipinski definition) is 1. The van der Waals surface area contributed by atoms with Gasteiger partial charge in [0.1, 0.15) is 6.29 Å². The van der Waals surface area contributed by atoms with Gasteiger partial charge in [-0.05, 0) is 25.3 Å². The highest BCUT2D eigenvalue weighted by Gasteiger charge is 1.85. The quantitative estimate of drug-likeness (QED) is 0.346. The third-order valence-corrected chi connectivity index (χ3v) is 1.49. The minimum atomic E-state index is 0.296. The molecular weight excluding hydrogens is 140 g/mol. The number of aliphatic hydroxyl groups is 1. The first kappa shape index (κ1) is 10.4. The van der Waals surface area contributed by atoms with Gasteiger partial charge < -0.3 is 5.11 Å². The molecule has 0 radical (unpaired) electrons. The molecule has 0 aromatic carbocycles. The van der Waals surface area contributed by atoms with Crippen LogP contribution < -0.4 is 0 Å². The fourth-order valence-corrected chi connectivity index (χ4v) is 0.879. The van der Waals surface area contributed by atoms with Crippen LogP contribution in [0.3, 0.4) is 0 Å².